The maximum atomic E-state index is 11.8. The molecule has 0 saturated carbocycles. The molecule has 2 N–H and O–H groups in total. The van der Waals surface area contributed by atoms with Crippen molar-refractivity contribution >= 4 is 15.9 Å². The molecule has 98 valence electrons. The summed E-state index contributed by atoms with van der Waals surface area (Å²) in [6.07, 6.45) is 1.43. The van der Waals surface area contributed by atoms with Gasteiger partial charge >= 0.3 is 0 Å². The van der Waals surface area contributed by atoms with Crippen LogP contribution in [-0.4, -0.2) is 28.0 Å². The second-order valence-electron chi connectivity index (χ2n) is 3.30. The Kier molecular flexibility index (Phi) is 5.02. The van der Waals surface area contributed by atoms with Crippen LogP contribution in [0.2, 0.25) is 0 Å². The Morgan fingerprint density at radius 1 is 1.50 bits per heavy atom. The SMILES string of the molecule is C=CCNS(=O)(=O)c1cccc(C(=O)NOC)c1. The van der Waals surface area contributed by atoms with Crippen molar-refractivity contribution in [3.63, 3.8) is 0 Å². The molecule has 0 radical (unpaired) electrons. The van der Waals surface area contributed by atoms with E-state index in [-0.39, 0.29) is 17.0 Å². The van der Waals surface area contributed by atoms with E-state index in [1.165, 1.54) is 37.5 Å². The van der Waals surface area contributed by atoms with E-state index < -0.39 is 15.9 Å². The van der Waals surface area contributed by atoms with E-state index in [2.05, 4.69) is 21.6 Å². The minimum Gasteiger partial charge on any atom is -0.277 e. The van der Waals surface area contributed by atoms with Crippen LogP contribution in [0.15, 0.2) is 41.8 Å². The highest BCUT2D eigenvalue weighted by Gasteiger charge is 2.15. The molecule has 7 heteroatoms. The molecule has 1 aromatic carbocycles. The standard InChI is InChI=1S/C11H14N2O4S/c1-3-7-12-18(15,16)10-6-4-5-9(8-10)11(14)13-17-2/h3-6,8,12H,1,7H2,2H3,(H,13,14). The molecule has 0 saturated heterocycles. The first kappa shape index (κ1) is 14.4. The summed E-state index contributed by atoms with van der Waals surface area (Å²) in [7, 11) is -2.34. The van der Waals surface area contributed by atoms with Gasteiger partial charge in [0.1, 0.15) is 0 Å². The van der Waals surface area contributed by atoms with Crippen molar-refractivity contribution in [2.45, 2.75) is 4.90 Å². The van der Waals surface area contributed by atoms with Crippen molar-refractivity contribution in [1.82, 2.24) is 10.2 Å². The van der Waals surface area contributed by atoms with Gasteiger partial charge in [0.15, 0.2) is 0 Å². The average molecular weight is 270 g/mol. The van der Waals surface area contributed by atoms with Crippen LogP contribution in [0, 0.1) is 0 Å². The number of carbonyl (C=O) groups excluding carboxylic acids is 1. The van der Waals surface area contributed by atoms with E-state index in [1.54, 1.807) is 0 Å². The molecular weight excluding hydrogens is 256 g/mol. The number of hydroxylamine groups is 1. The van der Waals surface area contributed by atoms with Crippen LogP contribution in [-0.2, 0) is 14.9 Å². The largest absolute Gasteiger partial charge is 0.277 e. The van der Waals surface area contributed by atoms with Gasteiger partial charge in [0.25, 0.3) is 5.91 Å². The molecule has 1 rings (SSSR count). The van der Waals surface area contributed by atoms with Crippen LogP contribution in [0.1, 0.15) is 10.4 Å². The van der Waals surface area contributed by atoms with Crippen LogP contribution < -0.4 is 10.2 Å². The Hall–Kier alpha value is -1.70. The molecule has 0 aliphatic carbocycles. The van der Waals surface area contributed by atoms with E-state index in [9.17, 15) is 13.2 Å². The van der Waals surface area contributed by atoms with Crippen molar-refractivity contribution in [2.75, 3.05) is 13.7 Å². The second-order valence-corrected chi connectivity index (χ2v) is 5.07. The van der Waals surface area contributed by atoms with Gasteiger partial charge in [-0.3, -0.25) is 9.63 Å². The Morgan fingerprint density at radius 2 is 2.22 bits per heavy atom. The van der Waals surface area contributed by atoms with Gasteiger partial charge in [-0.25, -0.2) is 18.6 Å². The fourth-order valence-corrected chi connectivity index (χ4v) is 2.25. The third kappa shape index (κ3) is 3.66. The lowest BCUT2D eigenvalue weighted by Gasteiger charge is -2.06. The lowest BCUT2D eigenvalue weighted by Crippen LogP contribution is -2.25. The highest BCUT2D eigenvalue weighted by molar-refractivity contribution is 7.89. The fourth-order valence-electron chi connectivity index (χ4n) is 1.21. The summed E-state index contributed by atoms with van der Waals surface area (Å²) in [5.74, 6) is -0.515. The van der Waals surface area contributed by atoms with Gasteiger partial charge in [0.05, 0.1) is 12.0 Å². The van der Waals surface area contributed by atoms with Gasteiger partial charge < -0.3 is 0 Å². The molecule has 0 unspecified atom stereocenters. The molecular formula is C11H14N2O4S. The first-order chi connectivity index (χ1) is 8.51. The Balaban J connectivity index is 3.01. The zero-order chi connectivity index (χ0) is 13.6. The number of nitrogens with one attached hydrogen (secondary N) is 2. The van der Waals surface area contributed by atoms with Crippen molar-refractivity contribution in [2.24, 2.45) is 0 Å². The number of amides is 1. The van der Waals surface area contributed by atoms with Crippen molar-refractivity contribution in [1.29, 1.82) is 0 Å². The van der Waals surface area contributed by atoms with Gasteiger partial charge in [-0.05, 0) is 18.2 Å². The monoisotopic (exact) mass is 270 g/mol. The van der Waals surface area contributed by atoms with Gasteiger partial charge in [0.2, 0.25) is 10.0 Å². The summed E-state index contributed by atoms with van der Waals surface area (Å²) in [6, 6.07) is 5.63. The topological polar surface area (TPSA) is 84.5 Å². The molecule has 18 heavy (non-hydrogen) atoms. The Morgan fingerprint density at radius 3 is 2.83 bits per heavy atom. The molecule has 0 atom stereocenters. The number of carbonyl (C=O) groups is 1. The first-order valence-electron chi connectivity index (χ1n) is 5.05. The normalized spacial score (nSPS) is 10.9. The maximum absolute atomic E-state index is 11.8. The van der Waals surface area contributed by atoms with Crippen LogP contribution in [0.4, 0.5) is 0 Å². The highest BCUT2D eigenvalue weighted by Crippen LogP contribution is 2.11. The van der Waals surface area contributed by atoms with Gasteiger partial charge in [0, 0.05) is 12.1 Å². The van der Waals surface area contributed by atoms with E-state index in [1.807, 2.05) is 0 Å². The molecule has 1 amide bonds. The summed E-state index contributed by atoms with van der Waals surface area (Å²) >= 11 is 0. The summed E-state index contributed by atoms with van der Waals surface area (Å²) in [5, 5.41) is 0. The lowest BCUT2D eigenvalue weighted by atomic mass is 10.2. The van der Waals surface area contributed by atoms with E-state index in [4.69, 9.17) is 0 Å². The van der Waals surface area contributed by atoms with E-state index in [0.29, 0.717) is 0 Å². The molecule has 0 spiro atoms. The zero-order valence-electron chi connectivity index (χ0n) is 9.84. The summed E-state index contributed by atoms with van der Waals surface area (Å²) in [4.78, 5) is 15.9. The minimum absolute atomic E-state index is 0.00750. The number of hydrogen-bond acceptors (Lipinski definition) is 4. The summed E-state index contributed by atoms with van der Waals surface area (Å²) < 4.78 is 25.9. The average Bonchev–Trinajstić information content (AvgIpc) is 2.37. The molecule has 0 bridgehead atoms. The summed E-state index contributed by atoms with van der Waals surface area (Å²) in [5.41, 5.74) is 2.31. The first-order valence-corrected chi connectivity index (χ1v) is 6.53. The third-order valence-corrected chi connectivity index (χ3v) is 3.44. The summed E-state index contributed by atoms with van der Waals surface area (Å²) in [6.45, 7) is 3.54. The van der Waals surface area contributed by atoms with Crippen LogP contribution >= 0.6 is 0 Å². The van der Waals surface area contributed by atoms with Gasteiger partial charge in [-0.2, -0.15) is 0 Å². The molecule has 0 heterocycles. The molecule has 6 nitrogen and oxygen atoms in total. The maximum Gasteiger partial charge on any atom is 0.274 e. The highest BCUT2D eigenvalue weighted by atomic mass is 32.2. The number of hydrogen-bond donors (Lipinski definition) is 2. The molecule has 1 aromatic rings. The molecule has 0 aliphatic rings. The number of benzene rings is 1. The van der Waals surface area contributed by atoms with E-state index >= 15 is 0 Å². The lowest BCUT2D eigenvalue weighted by molar-refractivity contribution is 0.0537. The van der Waals surface area contributed by atoms with E-state index in [0.717, 1.165) is 0 Å². The Labute approximate surface area is 106 Å². The minimum atomic E-state index is -3.64. The fraction of sp³-hybridized carbons (Fsp3) is 0.182. The van der Waals surface area contributed by atoms with Crippen LogP contribution in [0.5, 0.6) is 0 Å². The predicted molar refractivity (Wildman–Crippen MR) is 66.3 cm³/mol. The van der Waals surface area contributed by atoms with Crippen molar-refractivity contribution < 1.29 is 18.0 Å². The quantitative estimate of drug-likeness (QED) is 0.580. The predicted octanol–water partition coefficient (Wildman–Crippen LogP) is 0.442. The zero-order valence-corrected chi connectivity index (χ0v) is 10.7. The third-order valence-electron chi connectivity index (χ3n) is 2.02. The van der Waals surface area contributed by atoms with Crippen molar-refractivity contribution in [3.8, 4) is 0 Å². The number of sulfonamides is 1. The van der Waals surface area contributed by atoms with Crippen LogP contribution in [0.25, 0.3) is 0 Å². The number of rotatable bonds is 6. The van der Waals surface area contributed by atoms with Gasteiger partial charge in [-0.15, -0.1) is 6.58 Å². The molecule has 0 fully saturated rings. The van der Waals surface area contributed by atoms with Crippen molar-refractivity contribution in [3.05, 3.63) is 42.5 Å². The van der Waals surface area contributed by atoms with Crippen LogP contribution in [0.3, 0.4) is 0 Å². The smallest absolute Gasteiger partial charge is 0.274 e. The van der Waals surface area contributed by atoms with Gasteiger partial charge in [-0.1, -0.05) is 12.1 Å². The molecule has 0 aliphatic heterocycles. The second kappa shape index (κ2) is 6.29. The molecule has 0 aromatic heterocycles. The Bertz CT molecular complexity index is 540.